The smallest absolute Gasteiger partial charge is 0.338 e. The highest BCUT2D eigenvalue weighted by molar-refractivity contribution is 7.17. The van der Waals surface area contributed by atoms with E-state index in [9.17, 15) is 19.8 Å². The van der Waals surface area contributed by atoms with Gasteiger partial charge in [-0.15, -0.1) is 11.3 Å². The Morgan fingerprint density at radius 1 is 0.829 bits per heavy atom. The van der Waals surface area contributed by atoms with Gasteiger partial charge >= 0.3 is 11.9 Å². The minimum atomic E-state index is -1.18. The zero-order valence-electron chi connectivity index (χ0n) is 18.3. The van der Waals surface area contributed by atoms with Crippen LogP contribution in [0.2, 0.25) is 0 Å². The van der Waals surface area contributed by atoms with Gasteiger partial charge in [-0.1, -0.05) is 24.3 Å². The lowest BCUT2D eigenvalue weighted by Crippen LogP contribution is -2.05. The molecule has 0 aliphatic heterocycles. The number of hydrogen-bond donors (Lipinski definition) is 3. The van der Waals surface area contributed by atoms with Gasteiger partial charge in [-0.05, 0) is 87.3 Å². The van der Waals surface area contributed by atoms with Gasteiger partial charge in [0.1, 0.15) is 18.5 Å². The molecule has 5 rings (SSSR count). The van der Waals surface area contributed by atoms with Crippen LogP contribution in [0.25, 0.3) is 20.9 Å². The van der Waals surface area contributed by atoms with Gasteiger partial charge in [0.15, 0.2) is 0 Å². The maximum Gasteiger partial charge on any atom is 0.338 e. The fraction of sp³-hybridized carbons (Fsp3) is 0.0714. The number of phenolic OH excluding ortho intramolecular Hbond substituents is 1. The van der Waals surface area contributed by atoms with E-state index in [2.05, 4.69) is 0 Å². The first-order chi connectivity index (χ1) is 16.9. The molecular weight excluding hydrogens is 464 g/mol. The van der Waals surface area contributed by atoms with Crippen molar-refractivity contribution in [2.75, 3.05) is 0 Å². The van der Waals surface area contributed by atoms with Crippen molar-refractivity contribution >= 4 is 44.1 Å². The molecule has 1 heterocycles. The van der Waals surface area contributed by atoms with E-state index in [0.717, 1.165) is 10.9 Å². The van der Waals surface area contributed by atoms with E-state index in [1.54, 1.807) is 35.6 Å². The van der Waals surface area contributed by atoms with E-state index < -0.39 is 18.0 Å². The number of esters is 1. The van der Waals surface area contributed by atoms with Crippen molar-refractivity contribution in [3.05, 3.63) is 112 Å². The Morgan fingerprint density at radius 2 is 1.60 bits per heavy atom. The number of phenols is 1. The van der Waals surface area contributed by atoms with E-state index in [1.165, 1.54) is 35.0 Å². The first-order valence-corrected chi connectivity index (χ1v) is 11.7. The van der Waals surface area contributed by atoms with Gasteiger partial charge in [0.2, 0.25) is 0 Å². The summed E-state index contributed by atoms with van der Waals surface area (Å²) in [5.41, 5.74) is 2.03. The number of benzene rings is 4. The van der Waals surface area contributed by atoms with E-state index in [1.807, 2.05) is 29.6 Å². The van der Waals surface area contributed by atoms with Crippen LogP contribution < -0.4 is 0 Å². The van der Waals surface area contributed by atoms with Crippen LogP contribution in [0, 0.1) is 0 Å². The number of fused-ring (bicyclic) bond motifs is 2. The summed E-state index contributed by atoms with van der Waals surface area (Å²) in [5.74, 6) is -1.64. The molecule has 0 bridgehead atoms. The summed E-state index contributed by atoms with van der Waals surface area (Å²) < 4.78 is 6.68. The van der Waals surface area contributed by atoms with Crippen molar-refractivity contribution in [2.45, 2.75) is 12.7 Å². The molecule has 1 aromatic heterocycles. The largest absolute Gasteiger partial charge is 0.508 e. The molecule has 4 aromatic carbocycles. The molecule has 0 amide bonds. The normalized spacial score (nSPS) is 12.0. The van der Waals surface area contributed by atoms with Crippen LogP contribution in [0.1, 0.15) is 43.5 Å². The summed E-state index contributed by atoms with van der Waals surface area (Å²) in [7, 11) is 0. The van der Waals surface area contributed by atoms with Gasteiger partial charge in [-0.3, -0.25) is 0 Å². The van der Waals surface area contributed by atoms with Crippen LogP contribution in [0.15, 0.2) is 84.2 Å². The van der Waals surface area contributed by atoms with Crippen molar-refractivity contribution in [3.8, 4) is 5.75 Å². The number of carbonyl (C=O) groups is 2. The highest BCUT2D eigenvalue weighted by Crippen LogP contribution is 2.34. The predicted molar refractivity (Wildman–Crippen MR) is 134 cm³/mol. The van der Waals surface area contributed by atoms with Crippen LogP contribution in [-0.2, 0) is 11.3 Å². The molecule has 174 valence electrons. The van der Waals surface area contributed by atoms with E-state index in [-0.39, 0.29) is 23.5 Å². The number of hydrogen-bond acceptors (Lipinski definition) is 6. The summed E-state index contributed by atoms with van der Waals surface area (Å²) in [6, 6.07) is 21.9. The molecule has 0 saturated carbocycles. The van der Waals surface area contributed by atoms with Gasteiger partial charge in [-0.2, -0.15) is 0 Å². The van der Waals surface area contributed by atoms with E-state index in [4.69, 9.17) is 9.84 Å². The Hall–Kier alpha value is -4.20. The molecule has 1 unspecified atom stereocenters. The van der Waals surface area contributed by atoms with Gasteiger partial charge in [0.25, 0.3) is 0 Å². The molecule has 0 fully saturated rings. The average molecular weight is 485 g/mol. The summed E-state index contributed by atoms with van der Waals surface area (Å²) in [4.78, 5) is 23.8. The quantitative estimate of drug-likeness (QED) is 0.259. The highest BCUT2D eigenvalue weighted by atomic mass is 32.1. The van der Waals surface area contributed by atoms with Gasteiger partial charge in [-0.25, -0.2) is 9.59 Å². The SMILES string of the molecule is O=C(O)c1ccc(C(O)c2cc3cc(C(=O)OCc4ccc5sccc5c4)ccc3cc2O)cc1. The molecule has 0 aliphatic rings. The lowest BCUT2D eigenvalue weighted by molar-refractivity contribution is 0.0472. The second kappa shape index (κ2) is 9.21. The number of carboxylic acid groups (broad SMARTS) is 1. The summed E-state index contributed by atoms with van der Waals surface area (Å²) in [6.45, 7) is 0.147. The lowest BCUT2D eigenvalue weighted by atomic mass is 9.96. The minimum Gasteiger partial charge on any atom is -0.508 e. The molecule has 7 heteroatoms. The number of carbonyl (C=O) groups excluding carboxylic acids is 1. The van der Waals surface area contributed by atoms with Crippen LogP contribution in [0.5, 0.6) is 5.75 Å². The summed E-state index contributed by atoms with van der Waals surface area (Å²) in [6.07, 6.45) is -1.18. The Kier molecular flexibility index (Phi) is 5.94. The van der Waals surface area contributed by atoms with Crippen LogP contribution in [0.3, 0.4) is 0 Å². The van der Waals surface area contributed by atoms with Crippen LogP contribution in [0.4, 0.5) is 0 Å². The van der Waals surface area contributed by atoms with Crippen molar-refractivity contribution in [3.63, 3.8) is 0 Å². The maximum absolute atomic E-state index is 12.7. The third-order valence-corrected chi connectivity index (χ3v) is 6.77. The standard InChI is InChI=1S/C28H20O6S/c29-24-14-19-6-7-21(28(33)34-15-16-1-8-25-20(11-16)9-10-35-25)12-22(19)13-23(24)26(30)17-2-4-18(5-3-17)27(31)32/h1-14,26,29-30H,15H2,(H,31,32). The number of rotatable bonds is 6. The third kappa shape index (κ3) is 4.59. The van der Waals surface area contributed by atoms with Crippen molar-refractivity contribution < 1.29 is 29.6 Å². The number of thiophene rings is 1. The number of aliphatic hydroxyl groups is 1. The number of aliphatic hydroxyl groups excluding tert-OH is 1. The number of aromatic carboxylic acids is 1. The monoisotopic (exact) mass is 484 g/mol. The molecule has 0 radical (unpaired) electrons. The molecule has 0 aliphatic carbocycles. The second-order valence-electron chi connectivity index (χ2n) is 8.17. The molecule has 0 spiro atoms. The van der Waals surface area contributed by atoms with Crippen molar-refractivity contribution in [1.29, 1.82) is 0 Å². The fourth-order valence-corrected chi connectivity index (χ4v) is 4.75. The fourth-order valence-electron chi connectivity index (χ4n) is 3.97. The first kappa shape index (κ1) is 22.6. The van der Waals surface area contributed by atoms with Crippen molar-refractivity contribution in [1.82, 2.24) is 0 Å². The minimum absolute atomic E-state index is 0.0991. The van der Waals surface area contributed by atoms with E-state index in [0.29, 0.717) is 21.9 Å². The Morgan fingerprint density at radius 3 is 2.37 bits per heavy atom. The zero-order chi connectivity index (χ0) is 24.5. The predicted octanol–water partition coefficient (Wildman–Crippen LogP) is 5.90. The molecular formula is C28H20O6S. The molecule has 3 N–H and O–H groups in total. The Balaban J connectivity index is 1.37. The topological polar surface area (TPSA) is 104 Å². The summed E-state index contributed by atoms with van der Waals surface area (Å²) in [5, 5.41) is 34.8. The second-order valence-corrected chi connectivity index (χ2v) is 9.12. The van der Waals surface area contributed by atoms with Gasteiger partial charge in [0.05, 0.1) is 11.1 Å². The molecule has 0 saturated heterocycles. The molecule has 1 atom stereocenters. The number of ether oxygens (including phenoxy) is 1. The van der Waals surface area contributed by atoms with E-state index >= 15 is 0 Å². The summed E-state index contributed by atoms with van der Waals surface area (Å²) >= 11 is 1.66. The number of aromatic hydroxyl groups is 1. The average Bonchev–Trinajstić information content (AvgIpc) is 3.34. The Labute approximate surface area is 204 Å². The van der Waals surface area contributed by atoms with Gasteiger partial charge < -0.3 is 20.1 Å². The zero-order valence-corrected chi connectivity index (χ0v) is 19.2. The van der Waals surface area contributed by atoms with Crippen molar-refractivity contribution in [2.24, 2.45) is 0 Å². The van der Waals surface area contributed by atoms with Gasteiger partial charge in [0, 0.05) is 10.3 Å². The first-order valence-electron chi connectivity index (χ1n) is 10.8. The maximum atomic E-state index is 12.7. The van der Waals surface area contributed by atoms with Crippen LogP contribution in [-0.4, -0.2) is 27.3 Å². The highest BCUT2D eigenvalue weighted by Gasteiger charge is 2.17. The Bertz CT molecular complexity index is 1570. The molecule has 35 heavy (non-hydrogen) atoms. The van der Waals surface area contributed by atoms with Crippen LogP contribution >= 0.6 is 11.3 Å². The third-order valence-electron chi connectivity index (χ3n) is 5.88. The lowest BCUT2D eigenvalue weighted by Gasteiger charge is -2.15. The molecule has 6 nitrogen and oxygen atoms in total. The molecule has 5 aromatic rings. The number of carboxylic acids is 1.